The van der Waals surface area contributed by atoms with Gasteiger partial charge in [-0.3, -0.25) is 4.79 Å². The molecular formula is C15H21NO2. The second-order valence-corrected chi connectivity index (χ2v) is 3.81. The van der Waals surface area contributed by atoms with Crippen LogP contribution in [0, 0.1) is 0 Å². The van der Waals surface area contributed by atoms with Gasteiger partial charge in [0.15, 0.2) is 0 Å². The van der Waals surface area contributed by atoms with Gasteiger partial charge in [0.25, 0.3) is 5.56 Å². The molecule has 0 radical (unpaired) electrons. The molecule has 3 nitrogen and oxygen atoms in total. The Balaban J connectivity index is 0.000000771. The van der Waals surface area contributed by atoms with Crippen molar-refractivity contribution < 1.29 is 4.74 Å². The quantitative estimate of drug-likeness (QED) is 0.816. The minimum atomic E-state index is 0.0725. The maximum absolute atomic E-state index is 11.9. The number of fused-ring (bicyclic) bond motifs is 1. The summed E-state index contributed by atoms with van der Waals surface area (Å²) in [6, 6.07) is 7.73. The van der Waals surface area contributed by atoms with E-state index in [2.05, 4.69) is 0 Å². The average Bonchev–Trinajstić information content (AvgIpc) is 2.44. The Morgan fingerprint density at radius 3 is 2.44 bits per heavy atom. The van der Waals surface area contributed by atoms with E-state index in [1.165, 1.54) is 0 Å². The molecule has 18 heavy (non-hydrogen) atoms. The van der Waals surface area contributed by atoms with E-state index in [4.69, 9.17) is 4.74 Å². The molecule has 98 valence electrons. The van der Waals surface area contributed by atoms with Crippen molar-refractivity contribution in [2.75, 3.05) is 7.11 Å². The number of methoxy groups -OCH3 is 1. The smallest absolute Gasteiger partial charge is 0.253 e. The summed E-state index contributed by atoms with van der Waals surface area (Å²) in [5, 5.41) is 1.07. The first kappa shape index (κ1) is 14.3. The van der Waals surface area contributed by atoms with Crippen LogP contribution in [0.25, 0.3) is 10.9 Å². The van der Waals surface area contributed by atoms with Crippen LogP contribution in [0.15, 0.2) is 29.1 Å². The molecule has 0 bridgehead atoms. The molecule has 0 saturated heterocycles. The van der Waals surface area contributed by atoms with Crippen molar-refractivity contribution in [2.24, 2.45) is 7.05 Å². The van der Waals surface area contributed by atoms with E-state index in [0.29, 0.717) is 0 Å². The Kier molecular flexibility index (Phi) is 4.95. The van der Waals surface area contributed by atoms with Crippen molar-refractivity contribution in [3.63, 3.8) is 0 Å². The van der Waals surface area contributed by atoms with Gasteiger partial charge in [0, 0.05) is 18.7 Å². The van der Waals surface area contributed by atoms with Crippen molar-refractivity contribution in [3.05, 3.63) is 40.2 Å². The molecule has 1 heterocycles. The molecule has 0 aliphatic carbocycles. The van der Waals surface area contributed by atoms with Crippen LogP contribution < -0.4 is 10.3 Å². The fraction of sp³-hybridized carbons (Fsp3) is 0.400. The second-order valence-electron chi connectivity index (χ2n) is 3.81. The van der Waals surface area contributed by atoms with Crippen molar-refractivity contribution in [1.82, 2.24) is 4.57 Å². The molecule has 0 amide bonds. The first-order valence-corrected chi connectivity index (χ1v) is 6.34. The van der Waals surface area contributed by atoms with E-state index in [1.807, 2.05) is 45.0 Å². The third-order valence-corrected chi connectivity index (χ3v) is 2.89. The summed E-state index contributed by atoms with van der Waals surface area (Å²) in [6.45, 7) is 5.99. The van der Waals surface area contributed by atoms with Crippen LogP contribution >= 0.6 is 0 Å². The lowest BCUT2D eigenvalue weighted by atomic mass is 10.1. The molecule has 1 aromatic heterocycles. The van der Waals surface area contributed by atoms with E-state index in [-0.39, 0.29) is 5.56 Å². The van der Waals surface area contributed by atoms with Crippen molar-refractivity contribution >= 4 is 10.9 Å². The highest BCUT2D eigenvalue weighted by molar-refractivity contribution is 5.81. The summed E-state index contributed by atoms with van der Waals surface area (Å²) in [5.74, 6) is 0.770. The van der Waals surface area contributed by atoms with Crippen LogP contribution in [0.1, 0.15) is 26.3 Å². The second kappa shape index (κ2) is 6.24. The van der Waals surface area contributed by atoms with E-state index < -0.39 is 0 Å². The van der Waals surface area contributed by atoms with Crippen molar-refractivity contribution in [1.29, 1.82) is 0 Å². The molecule has 0 fully saturated rings. The Morgan fingerprint density at radius 2 is 1.89 bits per heavy atom. The summed E-state index contributed by atoms with van der Waals surface area (Å²) >= 11 is 0. The normalized spacial score (nSPS) is 9.83. The van der Waals surface area contributed by atoms with Crippen LogP contribution in [0.4, 0.5) is 0 Å². The molecule has 2 rings (SSSR count). The first-order valence-electron chi connectivity index (χ1n) is 6.34. The number of hydrogen-bond donors (Lipinski definition) is 0. The highest BCUT2D eigenvalue weighted by atomic mass is 16.5. The Bertz CT molecular complexity index is 585. The number of benzene rings is 1. The van der Waals surface area contributed by atoms with Gasteiger partial charge in [-0.1, -0.05) is 20.8 Å². The van der Waals surface area contributed by atoms with Crippen LogP contribution in [0.3, 0.4) is 0 Å². The fourth-order valence-corrected chi connectivity index (χ4v) is 1.89. The molecule has 0 atom stereocenters. The minimum Gasteiger partial charge on any atom is -0.497 e. The summed E-state index contributed by atoms with van der Waals surface area (Å²) < 4.78 is 6.84. The SMILES string of the molecule is CC.CCc1cc2ccc(OC)cc2n(C)c1=O. The van der Waals surface area contributed by atoms with Gasteiger partial charge in [-0.15, -0.1) is 0 Å². The molecule has 0 N–H and O–H groups in total. The number of ether oxygens (including phenoxy) is 1. The van der Waals surface area contributed by atoms with Crippen molar-refractivity contribution in [2.45, 2.75) is 27.2 Å². The Labute approximate surface area is 108 Å². The number of rotatable bonds is 2. The Morgan fingerprint density at radius 1 is 1.22 bits per heavy atom. The van der Waals surface area contributed by atoms with E-state index in [1.54, 1.807) is 18.7 Å². The largest absolute Gasteiger partial charge is 0.497 e. The predicted molar refractivity (Wildman–Crippen MR) is 76.5 cm³/mol. The lowest BCUT2D eigenvalue weighted by Gasteiger charge is -2.09. The van der Waals surface area contributed by atoms with E-state index in [9.17, 15) is 4.79 Å². The number of aryl methyl sites for hydroxylation is 2. The summed E-state index contributed by atoms with van der Waals surface area (Å²) in [4.78, 5) is 11.9. The maximum Gasteiger partial charge on any atom is 0.253 e. The van der Waals surface area contributed by atoms with E-state index >= 15 is 0 Å². The molecule has 3 heteroatoms. The molecule has 2 aromatic rings. The standard InChI is InChI=1S/C13H15NO2.C2H6/c1-4-9-7-10-5-6-11(16-3)8-12(10)14(2)13(9)15;1-2/h5-8H,4H2,1-3H3;1-2H3. The molecule has 0 aliphatic heterocycles. The van der Waals surface area contributed by atoms with Gasteiger partial charge in [0.1, 0.15) is 5.75 Å². The molecule has 0 unspecified atom stereocenters. The molecule has 0 aliphatic rings. The van der Waals surface area contributed by atoms with Crippen LogP contribution in [-0.4, -0.2) is 11.7 Å². The molecule has 0 saturated carbocycles. The highest BCUT2D eigenvalue weighted by Gasteiger charge is 2.05. The predicted octanol–water partition coefficient (Wildman–Crippen LogP) is 3.14. The number of nitrogens with zero attached hydrogens (tertiary/aromatic N) is 1. The third-order valence-electron chi connectivity index (χ3n) is 2.89. The molecule has 1 aromatic carbocycles. The molecule has 0 spiro atoms. The van der Waals surface area contributed by atoms with Crippen LogP contribution in [0.5, 0.6) is 5.75 Å². The lowest BCUT2D eigenvalue weighted by molar-refractivity contribution is 0.415. The lowest BCUT2D eigenvalue weighted by Crippen LogP contribution is -2.20. The monoisotopic (exact) mass is 247 g/mol. The number of hydrogen-bond acceptors (Lipinski definition) is 2. The fourth-order valence-electron chi connectivity index (χ4n) is 1.89. The topological polar surface area (TPSA) is 31.2 Å². The number of aromatic nitrogens is 1. The van der Waals surface area contributed by atoms with Gasteiger partial charge in [-0.25, -0.2) is 0 Å². The maximum atomic E-state index is 11.9. The zero-order valence-corrected chi connectivity index (χ0v) is 11.8. The summed E-state index contributed by atoms with van der Waals surface area (Å²) in [7, 11) is 3.42. The van der Waals surface area contributed by atoms with Gasteiger partial charge in [-0.2, -0.15) is 0 Å². The minimum absolute atomic E-state index is 0.0725. The highest BCUT2D eigenvalue weighted by Crippen LogP contribution is 2.19. The van der Waals surface area contributed by atoms with Crippen LogP contribution in [0.2, 0.25) is 0 Å². The average molecular weight is 247 g/mol. The summed E-state index contributed by atoms with van der Waals surface area (Å²) in [6.07, 6.45) is 0.759. The first-order chi connectivity index (χ1) is 8.67. The van der Waals surface area contributed by atoms with Gasteiger partial charge < -0.3 is 9.30 Å². The molecular weight excluding hydrogens is 226 g/mol. The zero-order chi connectivity index (χ0) is 13.7. The van der Waals surface area contributed by atoms with E-state index in [0.717, 1.165) is 28.6 Å². The third kappa shape index (κ3) is 2.55. The Hall–Kier alpha value is -1.77. The zero-order valence-electron chi connectivity index (χ0n) is 11.8. The van der Waals surface area contributed by atoms with Gasteiger partial charge in [0.05, 0.1) is 12.6 Å². The van der Waals surface area contributed by atoms with Crippen molar-refractivity contribution in [3.8, 4) is 5.75 Å². The number of pyridine rings is 1. The van der Waals surface area contributed by atoms with Gasteiger partial charge in [-0.05, 0) is 30.0 Å². The van der Waals surface area contributed by atoms with Gasteiger partial charge >= 0.3 is 0 Å². The van der Waals surface area contributed by atoms with Crippen LogP contribution in [-0.2, 0) is 13.5 Å². The van der Waals surface area contributed by atoms with Gasteiger partial charge in [0.2, 0.25) is 0 Å². The summed E-state index contributed by atoms with van der Waals surface area (Å²) in [5.41, 5.74) is 1.82.